The van der Waals surface area contributed by atoms with Gasteiger partial charge in [0.2, 0.25) is 0 Å². The van der Waals surface area contributed by atoms with Crippen LogP contribution >= 0.6 is 0 Å². The predicted molar refractivity (Wildman–Crippen MR) is 75.0 cm³/mol. The molecule has 1 aliphatic heterocycles. The lowest BCUT2D eigenvalue weighted by molar-refractivity contribution is -0.104. The molecule has 1 heterocycles. The van der Waals surface area contributed by atoms with Crippen molar-refractivity contribution in [2.45, 2.75) is 32.4 Å². The van der Waals surface area contributed by atoms with Crippen LogP contribution < -0.4 is 5.19 Å². The SMILES string of the molecule is C[C@H]1CCC[Si@@](C)(c2ccccc2)/C1=C\C=O. The lowest BCUT2D eigenvalue weighted by Gasteiger charge is -2.38. The van der Waals surface area contributed by atoms with Gasteiger partial charge in [-0.2, -0.15) is 0 Å². The summed E-state index contributed by atoms with van der Waals surface area (Å²) in [5.41, 5.74) is 0. The van der Waals surface area contributed by atoms with Gasteiger partial charge in [0.15, 0.2) is 0 Å². The van der Waals surface area contributed by atoms with Gasteiger partial charge in [-0.05, 0) is 24.5 Å². The Bertz CT molecular complexity index is 424. The zero-order chi connectivity index (χ0) is 12.3. The highest BCUT2D eigenvalue weighted by atomic mass is 28.3. The van der Waals surface area contributed by atoms with E-state index in [0.29, 0.717) is 5.92 Å². The Labute approximate surface area is 105 Å². The molecule has 0 amide bonds. The molecule has 0 aromatic heterocycles. The van der Waals surface area contributed by atoms with Crippen LogP contribution in [-0.2, 0) is 4.79 Å². The van der Waals surface area contributed by atoms with Crippen molar-refractivity contribution in [1.29, 1.82) is 0 Å². The highest BCUT2D eigenvalue weighted by molar-refractivity contribution is 6.97. The Balaban J connectivity index is 2.46. The minimum Gasteiger partial charge on any atom is -0.299 e. The van der Waals surface area contributed by atoms with Crippen molar-refractivity contribution < 1.29 is 4.79 Å². The molecule has 2 rings (SSSR count). The van der Waals surface area contributed by atoms with Gasteiger partial charge in [0.25, 0.3) is 0 Å². The molecule has 0 bridgehead atoms. The monoisotopic (exact) mass is 244 g/mol. The van der Waals surface area contributed by atoms with Gasteiger partial charge in [0, 0.05) is 0 Å². The largest absolute Gasteiger partial charge is 0.299 e. The molecule has 1 aliphatic rings. The molecule has 0 radical (unpaired) electrons. The van der Waals surface area contributed by atoms with Crippen LogP contribution in [0.2, 0.25) is 12.6 Å². The van der Waals surface area contributed by atoms with E-state index in [2.05, 4.69) is 43.8 Å². The smallest absolute Gasteiger partial charge is 0.142 e. The van der Waals surface area contributed by atoms with Crippen molar-refractivity contribution in [1.82, 2.24) is 0 Å². The minimum atomic E-state index is -1.60. The number of aldehydes is 1. The van der Waals surface area contributed by atoms with Crippen LogP contribution in [0.1, 0.15) is 19.8 Å². The zero-order valence-corrected chi connectivity index (χ0v) is 11.6. The second-order valence-electron chi connectivity index (χ2n) is 5.25. The lowest BCUT2D eigenvalue weighted by Crippen LogP contribution is -2.50. The molecule has 1 nitrogen and oxygen atoms in total. The van der Waals surface area contributed by atoms with Crippen molar-refractivity contribution in [3.8, 4) is 0 Å². The molecule has 2 heteroatoms. The minimum absolute atomic E-state index is 0.575. The Morgan fingerprint density at radius 1 is 1.29 bits per heavy atom. The summed E-state index contributed by atoms with van der Waals surface area (Å²) in [6.45, 7) is 4.68. The molecule has 17 heavy (non-hydrogen) atoms. The van der Waals surface area contributed by atoms with E-state index in [-0.39, 0.29) is 0 Å². The van der Waals surface area contributed by atoms with Crippen LogP contribution in [0.5, 0.6) is 0 Å². The summed E-state index contributed by atoms with van der Waals surface area (Å²) in [6.07, 6.45) is 5.36. The van der Waals surface area contributed by atoms with Gasteiger partial charge in [0.1, 0.15) is 14.4 Å². The number of benzene rings is 1. The molecular weight excluding hydrogens is 224 g/mol. The first-order valence-electron chi connectivity index (χ1n) is 6.40. The van der Waals surface area contributed by atoms with Crippen LogP contribution in [0.25, 0.3) is 0 Å². The van der Waals surface area contributed by atoms with Gasteiger partial charge < -0.3 is 0 Å². The molecule has 0 spiro atoms. The number of hydrogen-bond acceptors (Lipinski definition) is 1. The second kappa shape index (κ2) is 5.01. The van der Waals surface area contributed by atoms with E-state index < -0.39 is 8.07 Å². The van der Waals surface area contributed by atoms with Gasteiger partial charge in [0.05, 0.1) is 0 Å². The van der Waals surface area contributed by atoms with Crippen molar-refractivity contribution in [2.24, 2.45) is 5.92 Å². The summed E-state index contributed by atoms with van der Waals surface area (Å²) in [7, 11) is -1.60. The molecule has 1 saturated heterocycles. The molecular formula is C15H20OSi. The highest BCUT2D eigenvalue weighted by Crippen LogP contribution is 2.36. The summed E-state index contributed by atoms with van der Waals surface area (Å²) in [6, 6.07) is 12.1. The Morgan fingerprint density at radius 3 is 2.65 bits per heavy atom. The standard InChI is InChI=1S/C15H20OSi/c1-13-7-6-12-17(2,15(13)10-11-16)14-8-4-3-5-9-14/h3-5,8-11,13H,6-7,12H2,1-2H3/b15-10-/t13-,17-/m0/s1. The van der Waals surface area contributed by atoms with E-state index in [1.54, 1.807) is 0 Å². The van der Waals surface area contributed by atoms with Crippen molar-refractivity contribution >= 4 is 19.5 Å². The van der Waals surface area contributed by atoms with E-state index in [9.17, 15) is 4.79 Å². The maximum atomic E-state index is 10.9. The molecule has 0 N–H and O–H groups in total. The Kier molecular flexibility index (Phi) is 3.62. The van der Waals surface area contributed by atoms with Crippen LogP contribution in [0.3, 0.4) is 0 Å². The number of rotatable bonds is 2. The van der Waals surface area contributed by atoms with Gasteiger partial charge in [-0.3, -0.25) is 4.79 Å². The van der Waals surface area contributed by atoms with Crippen LogP contribution in [0.4, 0.5) is 0 Å². The van der Waals surface area contributed by atoms with E-state index >= 15 is 0 Å². The fourth-order valence-electron chi connectivity index (χ4n) is 3.14. The summed E-state index contributed by atoms with van der Waals surface area (Å²) in [5.74, 6) is 0.575. The first-order chi connectivity index (χ1) is 8.18. The zero-order valence-electron chi connectivity index (χ0n) is 10.6. The van der Waals surface area contributed by atoms with Crippen molar-refractivity contribution in [3.05, 3.63) is 41.6 Å². The maximum Gasteiger partial charge on any atom is 0.142 e. The fraction of sp³-hybridized carbons (Fsp3) is 0.400. The van der Waals surface area contributed by atoms with E-state index in [4.69, 9.17) is 0 Å². The summed E-state index contributed by atoms with van der Waals surface area (Å²) >= 11 is 0. The number of carbonyl (C=O) groups is 1. The first kappa shape index (κ1) is 12.3. The number of carbonyl (C=O) groups excluding carboxylic acids is 1. The molecule has 1 aromatic rings. The van der Waals surface area contributed by atoms with Crippen LogP contribution in [-0.4, -0.2) is 14.4 Å². The topological polar surface area (TPSA) is 17.1 Å². The summed E-state index contributed by atoms with van der Waals surface area (Å²) in [5, 5.41) is 2.91. The average molecular weight is 244 g/mol. The molecule has 0 saturated carbocycles. The Hall–Kier alpha value is -1.15. The van der Waals surface area contributed by atoms with Gasteiger partial charge in [-0.25, -0.2) is 0 Å². The lowest BCUT2D eigenvalue weighted by atomic mass is 10.0. The molecule has 1 fully saturated rings. The third-order valence-corrected chi connectivity index (χ3v) is 9.04. The van der Waals surface area contributed by atoms with Crippen LogP contribution in [0, 0.1) is 5.92 Å². The Morgan fingerprint density at radius 2 is 2.00 bits per heavy atom. The molecule has 2 atom stereocenters. The third kappa shape index (κ3) is 2.27. The fourth-order valence-corrected chi connectivity index (χ4v) is 7.56. The number of allylic oxidation sites excluding steroid dienone is 2. The molecule has 1 aromatic carbocycles. The quantitative estimate of drug-likeness (QED) is 0.444. The van der Waals surface area contributed by atoms with Crippen molar-refractivity contribution in [3.63, 3.8) is 0 Å². The molecule has 90 valence electrons. The van der Waals surface area contributed by atoms with Crippen LogP contribution in [0.15, 0.2) is 41.6 Å². The molecule has 0 unspecified atom stereocenters. The molecule has 0 aliphatic carbocycles. The highest BCUT2D eigenvalue weighted by Gasteiger charge is 2.38. The maximum absolute atomic E-state index is 10.9. The van der Waals surface area contributed by atoms with E-state index in [1.165, 1.54) is 29.3 Å². The summed E-state index contributed by atoms with van der Waals surface area (Å²) < 4.78 is 0. The third-order valence-electron chi connectivity index (χ3n) is 4.14. The first-order valence-corrected chi connectivity index (χ1v) is 9.10. The predicted octanol–water partition coefficient (Wildman–Crippen LogP) is 3.07. The summed E-state index contributed by atoms with van der Waals surface area (Å²) in [4.78, 5) is 10.9. The van der Waals surface area contributed by atoms with Gasteiger partial charge >= 0.3 is 0 Å². The van der Waals surface area contributed by atoms with Gasteiger partial charge in [-0.1, -0.05) is 60.6 Å². The normalized spacial score (nSPS) is 31.4. The van der Waals surface area contributed by atoms with E-state index in [1.807, 2.05) is 6.08 Å². The average Bonchev–Trinajstić information content (AvgIpc) is 2.35. The number of hydrogen-bond donors (Lipinski definition) is 0. The van der Waals surface area contributed by atoms with E-state index in [0.717, 1.165) is 6.29 Å². The second-order valence-corrected chi connectivity index (χ2v) is 9.57. The van der Waals surface area contributed by atoms with Gasteiger partial charge in [-0.15, -0.1) is 0 Å². The van der Waals surface area contributed by atoms with Crippen molar-refractivity contribution in [2.75, 3.05) is 0 Å².